The molecular weight excluding hydrogens is 338 g/mol. The molecular formula is C19H12BrNO. The molecule has 0 aliphatic carbocycles. The van der Waals surface area contributed by atoms with E-state index in [0.29, 0.717) is 0 Å². The molecule has 1 aromatic heterocycles. The summed E-state index contributed by atoms with van der Waals surface area (Å²) in [5, 5.41) is 2.78. The first kappa shape index (κ1) is 13.3. The second kappa shape index (κ2) is 5.11. The van der Waals surface area contributed by atoms with Crippen LogP contribution in [0.1, 0.15) is 0 Å². The highest BCUT2D eigenvalue weighted by Crippen LogP contribution is 2.27. The molecule has 0 saturated heterocycles. The van der Waals surface area contributed by atoms with Crippen LogP contribution in [0.2, 0.25) is 0 Å². The van der Waals surface area contributed by atoms with Crippen LogP contribution in [0.25, 0.3) is 27.4 Å². The lowest BCUT2D eigenvalue weighted by Crippen LogP contribution is -2.19. The fraction of sp³-hybridized carbons (Fsp3) is 0. The highest BCUT2D eigenvalue weighted by Gasteiger charge is 2.11. The third kappa shape index (κ3) is 1.97. The molecule has 1 heterocycles. The Morgan fingerprint density at radius 2 is 1.41 bits per heavy atom. The Balaban J connectivity index is 2.29. The van der Waals surface area contributed by atoms with Gasteiger partial charge in [-0.3, -0.25) is 9.36 Å². The minimum atomic E-state index is 0.0108. The monoisotopic (exact) mass is 349 g/mol. The van der Waals surface area contributed by atoms with Crippen molar-refractivity contribution in [1.82, 2.24) is 4.57 Å². The zero-order valence-electron chi connectivity index (χ0n) is 11.7. The minimum absolute atomic E-state index is 0.0108. The van der Waals surface area contributed by atoms with E-state index in [2.05, 4.69) is 22.0 Å². The molecule has 0 aliphatic rings. The van der Waals surface area contributed by atoms with E-state index in [-0.39, 0.29) is 5.56 Å². The van der Waals surface area contributed by atoms with Crippen LogP contribution in [0.4, 0.5) is 0 Å². The van der Waals surface area contributed by atoms with Crippen molar-refractivity contribution in [2.24, 2.45) is 0 Å². The Labute approximate surface area is 135 Å². The van der Waals surface area contributed by atoms with Gasteiger partial charge in [0.15, 0.2) is 0 Å². The van der Waals surface area contributed by atoms with Gasteiger partial charge in [-0.05, 0) is 41.8 Å². The Hall–Kier alpha value is -2.39. The number of aromatic nitrogens is 1. The number of hydrogen-bond acceptors (Lipinski definition) is 1. The van der Waals surface area contributed by atoms with Gasteiger partial charge in [0.2, 0.25) is 0 Å². The van der Waals surface area contributed by atoms with Crippen LogP contribution >= 0.6 is 15.9 Å². The first-order valence-electron chi connectivity index (χ1n) is 7.04. The first-order chi connectivity index (χ1) is 10.8. The summed E-state index contributed by atoms with van der Waals surface area (Å²) in [6.07, 6.45) is 0. The van der Waals surface area contributed by atoms with E-state index in [0.717, 1.165) is 31.8 Å². The van der Waals surface area contributed by atoms with Crippen molar-refractivity contribution in [3.63, 3.8) is 0 Å². The van der Waals surface area contributed by atoms with E-state index in [1.54, 1.807) is 4.57 Å². The van der Waals surface area contributed by atoms with Crippen molar-refractivity contribution in [3.8, 4) is 5.69 Å². The van der Waals surface area contributed by atoms with Crippen LogP contribution < -0.4 is 5.56 Å². The number of nitrogens with zero attached hydrogens (tertiary/aromatic N) is 1. The van der Waals surface area contributed by atoms with Gasteiger partial charge in [0.1, 0.15) is 0 Å². The van der Waals surface area contributed by atoms with Gasteiger partial charge in [0, 0.05) is 20.9 Å². The first-order valence-corrected chi connectivity index (χ1v) is 7.83. The van der Waals surface area contributed by atoms with Gasteiger partial charge < -0.3 is 0 Å². The maximum Gasteiger partial charge on any atom is 0.263 e. The molecule has 106 valence electrons. The quantitative estimate of drug-likeness (QED) is 0.447. The number of para-hydroxylation sites is 1. The van der Waals surface area contributed by atoms with Gasteiger partial charge in [-0.25, -0.2) is 0 Å². The number of benzene rings is 3. The van der Waals surface area contributed by atoms with Crippen molar-refractivity contribution < 1.29 is 0 Å². The second-order valence-electron chi connectivity index (χ2n) is 5.18. The molecule has 2 nitrogen and oxygen atoms in total. The molecule has 0 amide bonds. The molecule has 3 aromatic carbocycles. The molecule has 0 saturated carbocycles. The summed E-state index contributed by atoms with van der Waals surface area (Å²) >= 11 is 3.53. The average Bonchev–Trinajstić information content (AvgIpc) is 2.57. The molecule has 4 rings (SSSR count). The molecule has 22 heavy (non-hydrogen) atoms. The molecule has 0 unspecified atom stereocenters. The van der Waals surface area contributed by atoms with Crippen LogP contribution in [0.5, 0.6) is 0 Å². The van der Waals surface area contributed by atoms with Crippen molar-refractivity contribution in [2.45, 2.75) is 0 Å². The average molecular weight is 350 g/mol. The number of hydrogen-bond donors (Lipinski definition) is 0. The Morgan fingerprint density at radius 1 is 0.727 bits per heavy atom. The molecule has 0 bridgehead atoms. The van der Waals surface area contributed by atoms with Gasteiger partial charge in [-0.1, -0.05) is 52.3 Å². The normalized spacial score (nSPS) is 11.1. The summed E-state index contributed by atoms with van der Waals surface area (Å²) in [7, 11) is 0. The van der Waals surface area contributed by atoms with Gasteiger partial charge in [-0.2, -0.15) is 0 Å². The Morgan fingerprint density at radius 3 is 2.18 bits per heavy atom. The minimum Gasteiger partial charge on any atom is -0.276 e. The molecule has 4 aromatic rings. The van der Waals surface area contributed by atoms with Gasteiger partial charge in [0.05, 0.1) is 5.52 Å². The molecule has 0 N–H and O–H groups in total. The van der Waals surface area contributed by atoms with Crippen molar-refractivity contribution in [2.75, 3.05) is 0 Å². The summed E-state index contributed by atoms with van der Waals surface area (Å²) < 4.78 is 2.79. The summed E-state index contributed by atoms with van der Waals surface area (Å²) in [4.78, 5) is 13.0. The third-order valence-electron chi connectivity index (χ3n) is 3.86. The topological polar surface area (TPSA) is 22.0 Å². The summed E-state index contributed by atoms with van der Waals surface area (Å²) in [5.41, 5.74) is 1.81. The third-order valence-corrected chi connectivity index (χ3v) is 4.36. The van der Waals surface area contributed by atoms with Gasteiger partial charge in [0.25, 0.3) is 5.56 Å². The standard InChI is InChI=1S/C19H12BrNO/c20-13-10-11-18-17(12-13)15-8-4-5-9-16(15)19(22)21(18)14-6-2-1-3-7-14/h1-12H. The maximum absolute atomic E-state index is 13.0. The highest BCUT2D eigenvalue weighted by molar-refractivity contribution is 9.10. The number of pyridine rings is 1. The lowest BCUT2D eigenvalue weighted by atomic mass is 10.1. The Bertz CT molecular complexity index is 1050. The fourth-order valence-corrected chi connectivity index (χ4v) is 3.25. The van der Waals surface area contributed by atoms with E-state index >= 15 is 0 Å². The molecule has 0 aliphatic heterocycles. The maximum atomic E-state index is 13.0. The van der Waals surface area contributed by atoms with Crippen molar-refractivity contribution >= 4 is 37.6 Å². The number of rotatable bonds is 1. The predicted molar refractivity (Wildman–Crippen MR) is 94.8 cm³/mol. The summed E-state index contributed by atoms with van der Waals surface area (Å²) in [6, 6.07) is 23.5. The van der Waals surface area contributed by atoms with E-state index in [1.807, 2.05) is 66.7 Å². The van der Waals surface area contributed by atoms with Crippen LogP contribution in [-0.2, 0) is 0 Å². The molecule has 0 fully saturated rings. The largest absolute Gasteiger partial charge is 0.276 e. The zero-order chi connectivity index (χ0) is 15.1. The van der Waals surface area contributed by atoms with Crippen molar-refractivity contribution in [1.29, 1.82) is 0 Å². The van der Waals surface area contributed by atoms with Crippen molar-refractivity contribution in [3.05, 3.63) is 87.6 Å². The lowest BCUT2D eigenvalue weighted by molar-refractivity contribution is 1.06. The zero-order valence-corrected chi connectivity index (χ0v) is 13.2. The Kier molecular flexibility index (Phi) is 3.09. The van der Waals surface area contributed by atoms with E-state index in [9.17, 15) is 4.79 Å². The lowest BCUT2D eigenvalue weighted by Gasteiger charge is -2.13. The number of halogens is 1. The summed E-state index contributed by atoms with van der Waals surface area (Å²) in [6.45, 7) is 0. The van der Waals surface area contributed by atoms with E-state index < -0.39 is 0 Å². The van der Waals surface area contributed by atoms with Gasteiger partial charge >= 0.3 is 0 Å². The predicted octanol–water partition coefficient (Wildman–Crippen LogP) is 4.91. The molecule has 0 atom stereocenters. The molecule has 0 spiro atoms. The van der Waals surface area contributed by atoms with Gasteiger partial charge in [-0.15, -0.1) is 0 Å². The number of fused-ring (bicyclic) bond motifs is 3. The fourth-order valence-electron chi connectivity index (χ4n) is 2.89. The molecule has 0 radical (unpaired) electrons. The summed E-state index contributed by atoms with van der Waals surface area (Å²) in [5.74, 6) is 0. The highest BCUT2D eigenvalue weighted by atomic mass is 79.9. The van der Waals surface area contributed by atoms with Crippen LogP contribution in [0, 0.1) is 0 Å². The van der Waals surface area contributed by atoms with Crippen LogP contribution in [0.3, 0.4) is 0 Å². The SMILES string of the molecule is O=c1c2ccccc2c2cc(Br)ccc2n1-c1ccccc1. The van der Waals surface area contributed by atoms with Crippen LogP contribution in [-0.4, -0.2) is 4.57 Å². The van der Waals surface area contributed by atoms with Crippen LogP contribution in [0.15, 0.2) is 82.1 Å². The van der Waals surface area contributed by atoms with E-state index in [4.69, 9.17) is 0 Å². The second-order valence-corrected chi connectivity index (χ2v) is 6.10. The smallest absolute Gasteiger partial charge is 0.263 e. The molecule has 3 heteroatoms. The van der Waals surface area contributed by atoms with E-state index in [1.165, 1.54) is 0 Å².